The summed E-state index contributed by atoms with van der Waals surface area (Å²) in [6, 6.07) is 6.81. The van der Waals surface area contributed by atoms with E-state index in [2.05, 4.69) is 10.4 Å². The van der Waals surface area contributed by atoms with Crippen LogP contribution < -0.4 is 5.32 Å². The number of anilines is 1. The second kappa shape index (κ2) is 6.84. The van der Waals surface area contributed by atoms with Gasteiger partial charge in [0.15, 0.2) is 0 Å². The molecule has 6 nitrogen and oxygen atoms in total. The Morgan fingerprint density at radius 3 is 2.82 bits per heavy atom. The molecular weight excluding hydrogens is 287 g/mol. The number of rotatable bonds is 5. The van der Waals surface area contributed by atoms with Crippen molar-refractivity contribution in [2.75, 3.05) is 18.9 Å². The van der Waals surface area contributed by atoms with Crippen LogP contribution in [-0.2, 0) is 9.59 Å². The van der Waals surface area contributed by atoms with E-state index in [1.165, 1.54) is 34.8 Å². The van der Waals surface area contributed by atoms with Gasteiger partial charge >= 0.3 is 0 Å². The van der Waals surface area contributed by atoms with Crippen molar-refractivity contribution in [3.63, 3.8) is 0 Å². The normalized spacial score (nSPS) is 11.8. The minimum Gasteiger partial charge on any atom is -0.335 e. The van der Waals surface area contributed by atoms with Crippen molar-refractivity contribution in [3.05, 3.63) is 48.5 Å². The van der Waals surface area contributed by atoms with Gasteiger partial charge in [-0.2, -0.15) is 5.10 Å². The van der Waals surface area contributed by atoms with Gasteiger partial charge in [0, 0.05) is 25.1 Å². The van der Waals surface area contributed by atoms with E-state index in [4.69, 9.17) is 0 Å². The lowest BCUT2D eigenvalue weighted by molar-refractivity contribution is -0.136. The molecule has 0 aliphatic carbocycles. The van der Waals surface area contributed by atoms with E-state index >= 15 is 0 Å². The first-order valence-electron chi connectivity index (χ1n) is 6.77. The second-order valence-electron chi connectivity index (χ2n) is 4.91. The summed E-state index contributed by atoms with van der Waals surface area (Å²) < 4.78 is 14.6. The average molecular weight is 304 g/mol. The zero-order valence-corrected chi connectivity index (χ0v) is 12.4. The molecule has 1 heterocycles. The van der Waals surface area contributed by atoms with Gasteiger partial charge in [0.25, 0.3) is 0 Å². The Balaban J connectivity index is 1.92. The van der Waals surface area contributed by atoms with Gasteiger partial charge in [-0.3, -0.25) is 14.3 Å². The summed E-state index contributed by atoms with van der Waals surface area (Å²) in [6.07, 6.45) is 3.27. The van der Waals surface area contributed by atoms with Crippen molar-refractivity contribution >= 4 is 17.5 Å². The van der Waals surface area contributed by atoms with Crippen molar-refractivity contribution < 1.29 is 14.0 Å². The molecule has 0 aliphatic heterocycles. The van der Waals surface area contributed by atoms with E-state index in [9.17, 15) is 14.0 Å². The number of likely N-dealkylation sites (N-methyl/N-ethyl adjacent to an activating group) is 1. The summed E-state index contributed by atoms with van der Waals surface area (Å²) in [4.78, 5) is 25.4. The van der Waals surface area contributed by atoms with Crippen LogP contribution in [0.25, 0.3) is 0 Å². The van der Waals surface area contributed by atoms with Gasteiger partial charge in [0.2, 0.25) is 11.8 Å². The van der Waals surface area contributed by atoms with Crippen molar-refractivity contribution in [1.82, 2.24) is 14.7 Å². The molecule has 22 heavy (non-hydrogen) atoms. The van der Waals surface area contributed by atoms with Crippen LogP contribution in [-0.4, -0.2) is 40.1 Å². The molecule has 7 heteroatoms. The number of amides is 2. The van der Waals surface area contributed by atoms with Crippen LogP contribution in [0.3, 0.4) is 0 Å². The van der Waals surface area contributed by atoms with Crippen molar-refractivity contribution in [2.45, 2.75) is 13.0 Å². The summed E-state index contributed by atoms with van der Waals surface area (Å²) in [7, 11) is 1.54. The van der Waals surface area contributed by atoms with Gasteiger partial charge in [-0.1, -0.05) is 6.07 Å². The highest BCUT2D eigenvalue weighted by atomic mass is 19.1. The number of hydrogen-bond donors (Lipinski definition) is 1. The van der Waals surface area contributed by atoms with Crippen molar-refractivity contribution in [2.24, 2.45) is 0 Å². The molecule has 0 spiro atoms. The molecule has 1 aromatic carbocycles. The molecule has 0 fully saturated rings. The minimum absolute atomic E-state index is 0.124. The standard InChI is InChI=1S/C15H17FN4O2/c1-11(20-8-4-7-17-20)15(22)19(2)10-14(21)18-13-6-3-5-12(16)9-13/h3-9,11H,10H2,1-2H3,(H,18,21)/t11-/m0/s1. The topological polar surface area (TPSA) is 67.2 Å². The Labute approximate surface area is 127 Å². The number of carbonyl (C=O) groups is 2. The van der Waals surface area contributed by atoms with E-state index in [1.807, 2.05) is 0 Å². The molecule has 2 amide bonds. The third kappa shape index (κ3) is 3.91. The fourth-order valence-electron chi connectivity index (χ4n) is 2.00. The van der Waals surface area contributed by atoms with E-state index < -0.39 is 17.8 Å². The predicted molar refractivity (Wildman–Crippen MR) is 79.6 cm³/mol. The van der Waals surface area contributed by atoms with Gasteiger partial charge in [-0.15, -0.1) is 0 Å². The van der Waals surface area contributed by atoms with E-state index in [-0.39, 0.29) is 12.5 Å². The lowest BCUT2D eigenvalue weighted by atomic mass is 10.3. The van der Waals surface area contributed by atoms with Crippen molar-refractivity contribution in [1.29, 1.82) is 0 Å². The largest absolute Gasteiger partial charge is 0.335 e. The lowest BCUT2D eigenvalue weighted by Crippen LogP contribution is -2.38. The van der Waals surface area contributed by atoms with E-state index in [0.29, 0.717) is 5.69 Å². The molecule has 116 valence electrons. The molecule has 0 aliphatic rings. The quantitative estimate of drug-likeness (QED) is 0.914. The molecule has 1 atom stereocenters. The highest BCUT2D eigenvalue weighted by Crippen LogP contribution is 2.10. The Bertz CT molecular complexity index is 657. The number of aromatic nitrogens is 2. The SMILES string of the molecule is C[C@@H](C(=O)N(C)CC(=O)Nc1cccc(F)c1)n1cccn1. The van der Waals surface area contributed by atoms with Crippen LogP contribution in [0.4, 0.5) is 10.1 Å². The summed E-state index contributed by atoms with van der Waals surface area (Å²) >= 11 is 0. The zero-order chi connectivity index (χ0) is 16.1. The maximum absolute atomic E-state index is 13.0. The van der Waals surface area contributed by atoms with Gasteiger partial charge in [0.1, 0.15) is 11.9 Å². The lowest BCUT2D eigenvalue weighted by Gasteiger charge is -2.21. The Kier molecular flexibility index (Phi) is 4.88. The maximum atomic E-state index is 13.0. The van der Waals surface area contributed by atoms with Gasteiger partial charge in [-0.25, -0.2) is 4.39 Å². The average Bonchev–Trinajstić information content (AvgIpc) is 2.99. The number of benzene rings is 1. The molecule has 1 aromatic heterocycles. The van der Waals surface area contributed by atoms with Gasteiger partial charge in [0.05, 0.1) is 6.54 Å². The summed E-state index contributed by atoms with van der Waals surface area (Å²) in [5.41, 5.74) is 0.353. The first-order chi connectivity index (χ1) is 10.5. The molecule has 2 aromatic rings. The highest BCUT2D eigenvalue weighted by molar-refractivity contribution is 5.94. The fraction of sp³-hybridized carbons (Fsp3) is 0.267. The fourth-order valence-corrected chi connectivity index (χ4v) is 2.00. The summed E-state index contributed by atoms with van der Waals surface area (Å²) in [5.74, 6) is -1.07. The van der Waals surface area contributed by atoms with Crippen LogP contribution in [0.2, 0.25) is 0 Å². The Morgan fingerprint density at radius 1 is 1.41 bits per heavy atom. The molecule has 0 saturated heterocycles. The Morgan fingerprint density at radius 2 is 2.18 bits per heavy atom. The van der Waals surface area contributed by atoms with Crippen LogP contribution in [0.5, 0.6) is 0 Å². The summed E-state index contributed by atoms with van der Waals surface area (Å²) in [5, 5.41) is 6.55. The molecule has 2 rings (SSSR count). The van der Waals surface area contributed by atoms with Crippen molar-refractivity contribution in [3.8, 4) is 0 Å². The minimum atomic E-state index is -0.498. The number of carbonyl (C=O) groups excluding carboxylic acids is 2. The third-order valence-corrected chi connectivity index (χ3v) is 3.14. The number of nitrogens with one attached hydrogen (secondary N) is 1. The van der Waals surface area contributed by atoms with Crippen LogP contribution >= 0.6 is 0 Å². The molecule has 0 saturated carbocycles. The maximum Gasteiger partial charge on any atom is 0.247 e. The first kappa shape index (κ1) is 15.7. The Hall–Kier alpha value is -2.70. The van der Waals surface area contributed by atoms with E-state index in [1.54, 1.807) is 31.5 Å². The number of nitrogens with zero attached hydrogens (tertiary/aromatic N) is 3. The van der Waals surface area contributed by atoms with Crippen LogP contribution in [0, 0.1) is 5.82 Å². The second-order valence-corrected chi connectivity index (χ2v) is 4.91. The summed E-state index contributed by atoms with van der Waals surface area (Å²) in [6.45, 7) is 1.58. The molecule has 0 unspecified atom stereocenters. The van der Waals surface area contributed by atoms with Gasteiger partial charge in [-0.05, 0) is 31.2 Å². The highest BCUT2D eigenvalue weighted by Gasteiger charge is 2.21. The molecule has 0 bridgehead atoms. The van der Waals surface area contributed by atoms with Crippen LogP contribution in [0.15, 0.2) is 42.7 Å². The van der Waals surface area contributed by atoms with Crippen LogP contribution in [0.1, 0.15) is 13.0 Å². The van der Waals surface area contributed by atoms with Gasteiger partial charge < -0.3 is 10.2 Å². The smallest absolute Gasteiger partial charge is 0.247 e. The monoisotopic (exact) mass is 304 g/mol. The third-order valence-electron chi connectivity index (χ3n) is 3.14. The van der Waals surface area contributed by atoms with E-state index in [0.717, 1.165) is 0 Å². The predicted octanol–water partition coefficient (Wildman–Crippen LogP) is 1.68. The molecule has 0 radical (unpaired) electrons. The number of halogens is 1. The zero-order valence-electron chi connectivity index (χ0n) is 12.4. The first-order valence-corrected chi connectivity index (χ1v) is 6.77. The molecular formula is C15H17FN4O2. The molecule has 1 N–H and O–H groups in total. The number of hydrogen-bond acceptors (Lipinski definition) is 3.